The molecule has 10 heavy (non-hydrogen) atoms. The Kier molecular flexibility index (Phi) is 2.86. The summed E-state index contributed by atoms with van der Waals surface area (Å²) in [6.07, 6.45) is 3.89. The van der Waals surface area contributed by atoms with Crippen molar-refractivity contribution < 1.29 is 0 Å². The van der Waals surface area contributed by atoms with Crippen LogP contribution in [0.25, 0.3) is 6.08 Å². The van der Waals surface area contributed by atoms with Gasteiger partial charge in [-0.25, -0.2) is 0 Å². The van der Waals surface area contributed by atoms with Gasteiger partial charge in [-0.15, -0.1) is 0 Å². The van der Waals surface area contributed by atoms with Crippen molar-refractivity contribution in [3.8, 4) is 0 Å². The second-order valence-corrected chi connectivity index (χ2v) is 2.74. The second kappa shape index (κ2) is 3.71. The highest BCUT2D eigenvalue weighted by Gasteiger charge is 1.84. The van der Waals surface area contributed by atoms with Crippen molar-refractivity contribution in [2.24, 2.45) is 0 Å². The minimum Gasteiger partial charge on any atom is -0.261 e. The fraction of sp³-hybridized carbons (Fsp3) is 0.125. The Labute approximate surface area is 74.3 Å². The van der Waals surface area contributed by atoms with E-state index in [1.807, 2.05) is 29.3 Å². The molecule has 1 rings (SSSR count). The van der Waals surface area contributed by atoms with Crippen molar-refractivity contribution >= 4 is 28.7 Å². The first-order valence-corrected chi connectivity index (χ1v) is 4.27. The Morgan fingerprint density at radius 1 is 1.50 bits per heavy atom. The highest BCUT2D eigenvalue weighted by atomic mass is 127. The van der Waals surface area contributed by atoms with E-state index in [0.29, 0.717) is 0 Å². The number of nitrogens with zero attached hydrogens (tertiary/aromatic N) is 1. The molecule has 0 amide bonds. The van der Waals surface area contributed by atoms with Crippen LogP contribution in [0.3, 0.4) is 0 Å². The predicted octanol–water partition coefficient (Wildman–Crippen LogP) is 2.80. The van der Waals surface area contributed by atoms with Gasteiger partial charge in [-0.1, -0.05) is 28.7 Å². The topological polar surface area (TPSA) is 12.9 Å². The summed E-state index contributed by atoms with van der Waals surface area (Å²) in [6.45, 7) is 1.98. The molecule has 0 saturated heterocycles. The highest BCUT2D eigenvalue weighted by Crippen LogP contribution is 2.02. The van der Waals surface area contributed by atoms with Crippen LogP contribution in [0.4, 0.5) is 0 Å². The number of hydrogen-bond acceptors (Lipinski definition) is 1. The molecule has 1 aromatic rings. The maximum atomic E-state index is 4.14. The lowest BCUT2D eigenvalue weighted by molar-refractivity contribution is 1.19. The Bertz CT molecular complexity index is 226. The maximum Gasteiger partial charge on any atom is 0.0373 e. The third-order valence-corrected chi connectivity index (χ3v) is 1.55. The van der Waals surface area contributed by atoms with Crippen molar-refractivity contribution in [3.05, 3.63) is 33.7 Å². The summed E-state index contributed by atoms with van der Waals surface area (Å²) < 4.78 is 1.98. The minimum absolute atomic E-state index is 1.06. The minimum atomic E-state index is 1.06. The quantitative estimate of drug-likeness (QED) is 0.693. The number of pyridine rings is 1. The number of aryl methyl sites for hydroxylation is 1. The van der Waals surface area contributed by atoms with Crippen molar-refractivity contribution in [2.75, 3.05) is 0 Å². The third kappa shape index (κ3) is 2.10. The van der Waals surface area contributed by atoms with Gasteiger partial charge in [0.2, 0.25) is 0 Å². The summed E-state index contributed by atoms with van der Waals surface area (Å²) in [7, 11) is 0. The summed E-state index contributed by atoms with van der Waals surface area (Å²) in [4.78, 5) is 4.14. The van der Waals surface area contributed by atoms with Gasteiger partial charge < -0.3 is 0 Å². The Morgan fingerprint density at radius 2 is 2.30 bits per heavy atom. The molecular weight excluding hydrogens is 237 g/mol. The van der Waals surface area contributed by atoms with Gasteiger partial charge in [-0.05, 0) is 28.7 Å². The zero-order valence-electron chi connectivity index (χ0n) is 5.71. The largest absolute Gasteiger partial charge is 0.261 e. The lowest BCUT2D eigenvalue weighted by Crippen LogP contribution is -1.79. The van der Waals surface area contributed by atoms with E-state index in [2.05, 4.69) is 33.6 Å². The van der Waals surface area contributed by atoms with Gasteiger partial charge in [0.05, 0.1) is 0 Å². The fourth-order valence-corrected chi connectivity index (χ4v) is 1.07. The molecule has 0 aliphatic rings. The van der Waals surface area contributed by atoms with Gasteiger partial charge >= 0.3 is 0 Å². The van der Waals surface area contributed by atoms with E-state index in [1.54, 1.807) is 0 Å². The standard InChI is InChI=1S/C8H8IN/c1-7-2-3-8(4-5-9)6-10-7/h2-6H,1H3/b5-4+. The molecule has 0 saturated carbocycles. The van der Waals surface area contributed by atoms with E-state index in [4.69, 9.17) is 0 Å². The van der Waals surface area contributed by atoms with E-state index >= 15 is 0 Å². The molecule has 0 aromatic carbocycles. The summed E-state index contributed by atoms with van der Waals surface area (Å²) in [5.74, 6) is 0. The first kappa shape index (κ1) is 7.72. The van der Waals surface area contributed by atoms with Gasteiger partial charge in [-0.3, -0.25) is 4.98 Å². The zero-order valence-corrected chi connectivity index (χ0v) is 7.87. The number of aromatic nitrogens is 1. The average Bonchev–Trinajstić information content (AvgIpc) is 1.95. The fourth-order valence-electron chi connectivity index (χ4n) is 0.651. The van der Waals surface area contributed by atoms with E-state index in [1.165, 1.54) is 0 Å². The lowest BCUT2D eigenvalue weighted by atomic mass is 10.2. The molecular formula is C8H8IN. The molecule has 2 heteroatoms. The molecule has 0 atom stereocenters. The van der Waals surface area contributed by atoms with Gasteiger partial charge in [0.1, 0.15) is 0 Å². The van der Waals surface area contributed by atoms with Gasteiger partial charge in [-0.2, -0.15) is 0 Å². The normalized spacial score (nSPS) is 10.6. The van der Waals surface area contributed by atoms with Crippen LogP contribution in [0.15, 0.2) is 22.4 Å². The first-order chi connectivity index (χ1) is 4.83. The van der Waals surface area contributed by atoms with Crippen LogP contribution in [0.1, 0.15) is 11.3 Å². The summed E-state index contributed by atoms with van der Waals surface area (Å²) in [5, 5.41) is 0. The molecule has 0 fully saturated rings. The number of hydrogen-bond donors (Lipinski definition) is 0. The van der Waals surface area contributed by atoms with Crippen LogP contribution in [0.2, 0.25) is 0 Å². The van der Waals surface area contributed by atoms with Crippen LogP contribution < -0.4 is 0 Å². The number of halogens is 1. The van der Waals surface area contributed by atoms with Crippen LogP contribution in [-0.2, 0) is 0 Å². The van der Waals surface area contributed by atoms with Crippen molar-refractivity contribution in [1.29, 1.82) is 0 Å². The molecule has 0 bridgehead atoms. The third-order valence-electron chi connectivity index (χ3n) is 1.19. The summed E-state index contributed by atoms with van der Waals surface area (Å²) in [5.41, 5.74) is 2.21. The molecule has 0 aliphatic carbocycles. The maximum absolute atomic E-state index is 4.14. The highest BCUT2D eigenvalue weighted by molar-refractivity contribution is 14.1. The second-order valence-electron chi connectivity index (χ2n) is 2.03. The van der Waals surface area contributed by atoms with Gasteiger partial charge in [0.15, 0.2) is 0 Å². The molecule has 0 aliphatic heterocycles. The van der Waals surface area contributed by atoms with Crippen LogP contribution in [0, 0.1) is 6.92 Å². The van der Waals surface area contributed by atoms with E-state index in [-0.39, 0.29) is 0 Å². The van der Waals surface area contributed by atoms with Crippen LogP contribution in [0.5, 0.6) is 0 Å². The Balaban J connectivity index is 2.89. The molecule has 0 unspecified atom stereocenters. The SMILES string of the molecule is Cc1ccc(/C=C/I)cn1. The zero-order chi connectivity index (χ0) is 7.40. The Morgan fingerprint density at radius 3 is 2.80 bits per heavy atom. The smallest absolute Gasteiger partial charge is 0.0373 e. The number of rotatable bonds is 1. The Hall–Kier alpha value is -0.380. The van der Waals surface area contributed by atoms with Crippen molar-refractivity contribution in [1.82, 2.24) is 4.98 Å². The molecule has 52 valence electrons. The van der Waals surface area contributed by atoms with E-state index < -0.39 is 0 Å². The van der Waals surface area contributed by atoms with Gasteiger partial charge in [0, 0.05) is 11.9 Å². The molecule has 0 radical (unpaired) electrons. The average molecular weight is 245 g/mol. The summed E-state index contributed by atoms with van der Waals surface area (Å²) in [6, 6.07) is 4.06. The molecule has 0 spiro atoms. The molecule has 1 heterocycles. The molecule has 0 N–H and O–H groups in total. The van der Waals surface area contributed by atoms with Crippen molar-refractivity contribution in [2.45, 2.75) is 6.92 Å². The van der Waals surface area contributed by atoms with E-state index in [0.717, 1.165) is 11.3 Å². The molecule has 1 aromatic heterocycles. The first-order valence-electron chi connectivity index (χ1n) is 3.02. The molecule has 1 nitrogen and oxygen atoms in total. The lowest BCUT2D eigenvalue weighted by Gasteiger charge is -1.91. The predicted molar refractivity (Wildman–Crippen MR) is 52.0 cm³/mol. The van der Waals surface area contributed by atoms with Crippen LogP contribution in [-0.4, -0.2) is 4.98 Å². The monoisotopic (exact) mass is 245 g/mol. The van der Waals surface area contributed by atoms with E-state index in [9.17, 15) is 0 Å². The summed E-state index contributed by atoms with van der Waals surface area (Å²) >= 11 is 2.19. The van der Waals surface area contributed by atoms with Gasteiger partial charge in [0.25, 0.3) is 0 Å². The van der Waals surface area contributed by atoms with Crippen molar-refractivity contribution in [3.63, 3.8) is 0 Å². The van der Waals surface area contributed by atoms with Crippen LogP contribution >= 0.6 is 22.6 Å².